The topological polar surface area (TPSA) is 61.4 Å². The Bertz CT molecular complexity index is 880. The minimum atomic E-state index is -0.130. The second kappa shape index (κ2) is 9.70. The summed E-state index contributed by atoms with van der Waals surface area (Å²) in [7, 11) is 1.77. The lowest BCUT2D eigenvalue weighted by Crippen LogP contribution is -2.36. The number of anilines is 2. The van der Waals surface area contributed by atoms with Crippen LogP contribution in [0.5, 0.6) is 0 Å². The van der Waals surface area contributed by atoms with Crippen LogP contribution < -0.4 is 10.6 Å². The second-order valence-electron chi connectivity index (χ2n) is 8.24. The number of benzene rings is 2. The minimum absolute atomic E-state index is 0.126. The molecule has 2 aromatic carbocycles. The van der Waals surface area contributed by atoms with E-state index < -0.39 is 0 Å². The number of hydrogen-bond acceptors (Lipinski definition) is 3. The zero-order valence-corrected chi connectivity index (χ0v) is 18.6. The highest BCUT2D eigenvalue weighted by Gasteiger charge is 2.16. The number of nitrogens with zero attached hydrogens (tertiary/aromatic N) is 1. The fourth-order valence-electron chi connectivity index (χ4n) is 3.62. The van der Waals surface area contributed by atoms with Gasteiger partial charge in [0, 0.05) is 11.4 Å². The SMILES string of the molecule is Cc1cc(C)c(NC(=O)CN(C)CC(=O)Nc2c(C)cccc2C(C)C)c(C)c1. The van der Waals surface area contributed by atoms with Crippen molar-refractivity contribution in [1.82, 2.24) is 4.90 Å². The van der Waals surface area contributed by atoms with Crippen molar-refractivity contribution in [3.63, 3.8) is 0 Å². The van der Waals surface area contributed by atoms with Crippen LogP contribution in [0, 0.1) is 27.7 Å². The van der Waals surface area contributed by atoms with Gasteiger partial charge in [0.1, 0.15) is 0 Å². The Balaban J connectivity index is 1.97. The first-order valence-corrected chi connectivity index (χ1v) is 10.0. The number of rotatable bonds is 7. The first kappa shape index (κ1) is 22.6. The van der Waals surface area contributed by atoms with Crippen LogP contribution >= 0.6 is 0 Å². The summed E-state index contributed by atoms with van der Waals surface area (Å²) >= 11 is 0. The quantitative estimate of drug-likeness (QED) is 0.723. The maximum absolute atomic E-state index is 12.6. The van der Waals surface area contributed by atoms with Gasteiger partial charge in [-0.05, 0) is 62.9 Å². The largest absolute Gasteiger partial charge is 0.324 e. The number of para-hydroxylation sites is 1. The van der Waals surface area contributed by atoms with E-state index in [9.17, 15) is 9.59 Å². The summed E-state index contributed by atoms with van der Waals surface area (Å²) in [6.45, 7) is 12.5. The second-order valence-corrected chi connectivity index (χ2v) is 8.24. The monoisotopic (exact) mass is 395 g/mol. The lowest BCUT2D eigenvalue weighted by Gasteiger charge is -2.20. The van der Waals surface area contributed by atoms with Crippen molar-refractivity contribution < 1.29 is 9.59 Å². The van der Waals surface area contributed by atoms with Crippen molar-refractivity contribution in [2.45, 2.75) is 47.5 Å². The van der Waals surface area contributed by atoms with Crippen LogP contribution in [0.2, 0.25) is 0 Å². The molecule has 0 saturated carbocycles. The van der Waals surface area contributed by atoms with Crippen molar-refractivity contribution in [3.8, 4) is 0 Å². The van der Waals surface area contributed by atoms with Gasteiger partial charge in [-0.25, -0.2) is 0 Å². The molecule has 156 valence electrons. The van der Waals surface area contributed by atoms with Gasteiger partial charge < -0.3 is 10.6 Å². The van der Waals surface area contributed by atoms with Gasteiger partial charge in [-0.1, -0.05) is 49.7 Å². The molecule has 0 atom stereocenters. The molecule has 2 aromatic rings. The van der Waals surface area contributed by atoms with Crippen LogP contribution in [0.1, 0.15) is 47.6 Å². The third-order valence-electron chi connectivity index (χ3n) is 4.96. The Labute approximate surface area is 174 Å². The predicted octanol–water partition coefficient (Wildman–Crippen LogP) is 4.55. The number of nitrogens with one attached hydrogen (secondary N) is 2. The Kier molecular flexibility index (Phi) is 7.57. The maximum Gasteiger partial charge on any atom is 0.238 e. The molecule has 29 heavy (non-hydrogen) atoms. The highest BCUT2D eigenvalue weighted by molar-refractivity contribution is 5.96. The van der Waals surface area contributed by atoms with Gasteiger partial charge >= 0.3 is 0 Å². The molecule has 0 spiro atoms. The Morgan fingerprint density at radius 1 is 0.862 bits per heavy atom. The van der Waals surface area contributed by atoms with Crippen LogP contribution in [0.3, 0.4) is 0 Å². The molecule has 0 unspecified atom stereocenters. The average Bonchev–Trinajstić information content (AvgIpc) is 2.59. The summed E-state index contributed by atoms with van der Waals surface area (Å²) < 4.78 is 0. The van der Waals surface area contributed by atoms with E-state index in [4.69, 9.17) is 0 Å². The Morgan fingerprint density at radius 2 is 1.38 bits per heavy atom. The zero-order valence-electron chi connectivity index (χ0n) is 18.6. The number of carbonyl (C=O) groups is 2. The van der Waals surface area contributed by atoms with Crippen molar-refractivity contribution in [1.29, 1.82) is 0 Å². The van der Waals surface area contributed by atoms with Crippen molar-refractivity contribution in [2.75, 3.05) is 30.8 Å². The van der Waals surface area contributed by atoms with E-state index >= 15 is 0 Å². The molecule has 2 rings (SSSR count). The standard InChI is InChI=1S/C24H33N3O2/c1-15(2)20-10-8-9-17(4)24(20)26-22(29)14-27(7)13-21(28)25-23-18(5)11-16(3)12-19(23)6/h8-12,15H,13-14H2,1-7H3,(H,25,28)(H,26,29). The van der Waals surface area contributed by atoms with Crippen LogP contribution in [-0.4, -0.2) is 36.9 Å². The molecule has 0 aliphatic heterocycles. The van der Waals surface area contributed by atoms with E-state index in [-0.39, 0.29) is 24.9 Å². The predicted molar refractivity (Wildman–Crippen MR) is 121 cm³/mol. The molecule has 0 aliphatic carbocycles. The molecule has 0 bridgehead atoms. The van der Waals surface area contributed by atoms with Gasteiger partial charge in [-0.3, -0.25) is 14.5 Å². The number of hydrogen-bond donors (Lipinski definition) is 2. The molecule has 5 heteroatoms. The molecule has 0 saturated heterocycles. The fraction of sp³-hybridized carbons (Fsp3) is 0.417. The molecule has 0 heterocycles. The van der Waals surface area contributed by atoms with Gasteiger partial charge in [-0.2, -0.15) is 0 Å². The highest BCUT2D eigenvalue weighted by Crippen LogP contribution is 2.27. The van der Waals surface area contributed by atoms with Crippen molar-refractivity contribution >= 4 is 23.2 Å². The zero-order chi connectivity index (χ0) is 21.7. The van der Waals surface area contributed by atoms with E-state index in [1.165, 1.54) is 5.56 Å². The first-order valence-electron chi connectivity index (χ1n) is 10.0. The summed E-state index contributed by atoms with van der Waals surface area (Å²) in [6, 6.07) is 10.1. The number of amides is 2. The van der Waals surface area contributed by atoms with E-state index in [1.807, 2.05) is 58.0 Å². The van der Waals surface area contributed by atoms with Crippen LogP contribution in [-0.2, 0) is 9.59 Å². The molecular weight excluding hydrogens is 362 g/mol. The average molecular weight is 396 g/mol. The Morgan fingerprint density at radius 3 is 1.90 bits per heavy atom. The van der Waals surface area contributed by atoms with Gasteiger partial charge in [0.15, 0.2) is 0 Å². The summed E-state index contributed by atoms with van der Waals surface area (Å²) in [5.74, 6) is 0.0583. The lowest BCUT2D eigenvalue weighted by molar-refractivity contribution is -0.119. The number of carbonyl (C=O) groups excluding carboxylic acids is 2. The highest BCUT2D eigenvalue weighted by atomic mass is 16.2. The van der Waals surface area contributed by atoms with E-state index in [1.54, 1.807) is 11.9 Å². The van der Waals surface area contributed by atoms with E-state index in [2.05, 4.69) is 24.5 Å². The molecule has 0 radical (unpaired) electrons. The molecule has 0 fully saturated rings. The van der Waals surface area contributed by atoms with Gasteiger partial charge in [0.2, 0.25) is 11.8 Å². The minimum Gasteiger partial charge on any atom is -0.324 e. The first-order chi connectivity index (χ1) is 13.6. The molecule has 5 nitrogen and oxygen atoms in total. The Hall–Kier alpha value is -2.66. The fourth-order valence-corrected chi connectivity index (χ4v) is 3.62. The van der Waals surface area contributed by atoms with Crippen molar-refractivity contribution in [3.05, 3.63) is 58.1 Å². The van der Waals surface area contributed by atoms with Gasteiger partial charge in [-0.15, -0.1) is 0 Å². The molecule has 2 N–H and O–H groups in total. The van der Waals surface area contributed by atoms with Crippen LogP contribution in [0.15, 0.2) is 30.3 Å². The lowest BCUT2D eigenvalue weighted by atomic mass is 9.98. The normalized spacial score (nSPS) is 11.1. The van der Waals surface area contributed by atoms with Gasteiger partial charge in [0.05, 0.1) is 13.1 Å². The van der Waals surface area contributed by atoms with E-state index in [0.717, 1.165) is 33.6 Å². The van der Waals surface area contributed by atoms with Gasteiger partial charge in [0.25, 0.3) is 0 Å². The third-order valence-corrected chi connectivity index (χ3v) is 4.96. The molecule has 0 aliphatic rings. The number of likely N-dealkylation sites (N-methyl/N-ethyl adjacent to an activating group) is 1. The third kappa shape index (κ3) is 6.16. The van der Waals surface area contributed by atoms with Crippen molar-refractivity contribution in [2.24, 2.45) is 0 Å². The smallest absolute Gasteiger partial charge is 0.238 e. The molecular formula is C24H33N3O2. The van der Waals surface area contributed by atoms with Crippen LogP contribution in [0.25, 0.3) is 0 Å². The molecule has 0 aromatic heterocycles. The summed E-state index contributed by atoms with van der Waals surface area (Å²) in [5.41, 5.74) is 7.12. The molecule has 2 amide bonds. The summed E-state index contributed by atoms with van der Waals surface area (Å²) in [5, 5.41) is 6.01. The maximum atomic E-state index is 12.6. The van der Waals surface area contributed by atoms with E-state index in [0.29, 0.717) is 5.92 Å². The van der Waals surface area contributed by atoms with Crippen LogP contribution in [0.4, 0.5) is 11.4 Å². The number of aryl methyl sites for hydroxylation is 4. The summed E-state index contributed by atoms with van der Waals surface area (Å²) in [6.07, 6.45) is 0. The summed E-state index contributed by atoms with van der Waals surface area (Å²) in [4.78, 5) is 26.7.